The highest BCUT2D eigenvalue weighted by atomic mass is 35.5. The Labute approximate surface area is 140 Å². The Balaban J connectivity index is 1.74. The Morgan fingerprint density at radius 3 is 2.74 bits per heavy atom. The lowest BCUT2D eigenvalue weighted by molar-refractivity contribution is -0.146. The van der Waals surface area contributed by atoms with E-state index < -0.39 is 0 Å². The van der Waals surface area contributed by atoms with Crippen LogP contribution in [-0.4, -0.2) is 47.6 Å². The molecule has 2 heterocycles. The molecule has 7 heteroatoms. The van der Waals surface area contributed by atoms with Crippen LogP contribution in [-0.2, 0) is 14.3 Å². The molecule has 0 N–H and O–H groups in total. The number of carbonyl (C=O) groups is 2. The second-order valence-corrected chi connectivity index (χ2v) is 5.70. The molecular weight excluding hydrogens is 320 g/mol. The van der Waals surface area contributed by atoms with Crippen molar-refractivity contribution in [1.29, 1.82) is 0 Å². The van der Waals surface area contributed by atoms with Gasteiger partial charge in [0.25, 0.3) is 0 Å². The molecule has 1 aliphatic rings. The average molecular weight is 341 g/mol. The number of rotatable bonds is 6. The Morgan fingerprint density at radius 1 is 1.35 bits per heavy atom. The number of piperidine rings is 1. The quantitative estimate of drug-likeness (QED) is 0.744. The summed E-state index contributed by atoms with van der Waals surface area (Å²) in [6.45, 7) is 3.30. The summed E-state index contributed by atoms with van der Waals surface area (Å²) < 4.78 is 10.6. The van der Waals surface area contributed by atoms with Gasteiger partial charge in [0.05, 0.1) is 13.0 Å². The molecule has 2 rings (SSSR count). The van der Waals surface area contributed by atoms with Crippen molar-refractivity contribution >= 4 is 23.5 Å². The average Bonchev–Trinajstić information content (AvgIpc) is 2.56. The fourth-order valence-corrected chi connectivity index (χ4v) is 2.61. The molecule has 1 amide bonds. The van der Waals surface area contributed by atoms with E-state index in [1.807, 2.05) is 0 Å². The first-order chi connectivity index (χ1) is 11.1. The molecule has 0 bridgehead atoms. The predicted molar refractivity (Wildman–Crippen MR) is 85.3 cm³/mol. The van der Waals surface area contributed by atoms with Crippen LogP contribution in [0.2, 0.25) is 5.02 Å². The molecule has 126 valence electrons. The third-order valence-corrected chi connectivity index (χ3v) is 3.93. The van der Waals surface area contributed by atoms with Crippen LogP contribution in [0.4, 0.5) is 0 Å². The van der Waals surface area contributed by atoms with Gasteiger partial charge in [-0.25, -0.2) is 4.98 Å². The molecule has 1 aromatic heterocycles. The van der Waals surface area contributed by atoms with Crippen LogP contribution < -0.4 is 4.74 Å². The molecule has 0 aliphatic carbocycles. The number of ether oxygens (including phenoxy) is 2. The fraction of sp³-hybridized carbons (Fsp3) is 0.562. The Morgan fingerprint density at radius 2 is 2.09 bits per heavy atom. The minimum atomic E-state index is -0.330. The summed E-state index contributed by atoms with van der Waals surface area (Å²) in [7, 11) is 0. The molecule has 0 spiro atoms. The number of amides is 1. The summed E-state index contributed by atoms with van der Waals surface area (Å²) in [5, 5.41) is 0.487. The zero-order valence-corrected chi connectivity index (χ0v) is 13.9. The molecular formula is C16H21ClN2O4. The Kier molecular flexibility index (Phi) is 6.65. The van der Waals surface area contributed by atoms with Gasteiger partial charge in [0.2, 0.25) is 11.8 Å². The lowest BCUT2D eigenvalue weighted by Gasteiger charge is -2.32. The van der Waals surface area contributed by atoms with Gasteiger partial charge < -0.3 is 14.4 Å². The first-order valence-corrected chi connectivity index (χ1v) is 8.18. The second kappa shape index (κ2) is 8.72. The maximum absolute atomic E-state index is 12.1. The molecule has 0 unspecified atom stereocenters. The van der Waals surface area contributed by atoms with Crippen LogP contribution in [0.5, 0.6) is 5.88 Å². The van der Waals surface area contributed by atoms with Crippen molar-refractivity contribution < 1.29 is 19.1 Å². The van der Waals surface area contributed by atoms with Gasteiger partial charge in [-0.3, -0.25) is 9.59 Å². The summed E-state index contributed by atoms with van der Waals surface area (Å²) in [4.78, 5) is 29.2. The third-order valence-electron chi connectivity index (χ3n) is 3.65. The minimum absolute atomic E-state index is 0.00323. The normalized spacial score (nSPS) is 15.3. The number of hydrogen-bond acceptors (Lipinski definition) is 5. The summed E-state index contributed by atoms with van der Waals surface area (Å²) in [6.07, 6.45) is 3.39. The molecule has 6 nitrogen and oxygen atoms in total. The molecule has 23 heavy (non-hydrogen) atoms. The van der Waals surface area contributed by atoms with E-state index in [0.717, 1.165) is 12.8 Å². The van der Waals surface area contributed by atoms with Crippen molar-refractivity contribution in [2.24, 2.45) is 0 Å². The van der Waals surface area contributed by atoms with Crippen molar-refractivity contribution in [3.63, 3.8) is 0 Å². The fourth-order valence-electron chi connectivity index (χ4n) is 2.44. The van der Waals surface area contributed by atoms with Gasteiger partial charge in [-0.1, -0.05) is 11.6 Å². The van der Waals surface area contributed by atoms with Crippen LogP contribution >= 0.6 is 11.6 Å². The number of pyridine rings is 1. The highest BCUT2D eigenvalue weighted by Crippen LogP contribution is 2.24. The molecule has 0 saturated carbocycles. The maximum atomic E-state index is 12.1. The van der Waals surface area contributed by atoms with Gasteiger partial charge in [0, 0.05) is 38.5 Å². The summed E-state index contributed by atoms with van der Waals surface area (Å²) in [6, 6.07) is 3.48. The van der Waals surface area contributed by atoms with Crippen molar-refractivity contribution in [3.05, 3.63) is 23.4 Å². The smallest absolute Gasteiger partial charge is 0.306 e. The Hall–Kier alpha value is -1.82. The predicted octanol–water partition coefficient (Wildman–Crippen LogP) is 2.45. The van der Waals surface area contributed by atoms with E-state index in [2.05, 4.69) is 4.98 Å². The lowest BCUT2D eigenvalue weighted by Crippen LogP contribution is -2.42. The molecule has 1 saturated heterocycles. The number of halogens is 1. The highest BCUT2D eigenvalue weighted by Gasteiger charge is 2.25. The first-order valence-electron chi connectivity index (χ1n) is 7.80. The van der Waals surface area contributed by atoms with Gasteiger partial charge in [-0.2, -0.15) is 0 Å². The molecule has 0 radical (unpaired) electrons. The van der Waals surface area contributed by atoms with E-state index in [0.29, 0.717) is 30.6 Å². The number of aromatic nitrogens is 1. The van der Waals surface area contributed by atoms with Gasteiger partial charge in [-0.05, 0) is 19.1 Å². The van der Waals surface area contributed by atoms with Crippen LogP contribution in [0.25, 0.3) is 0 Å². The summed E-state index contributed by atoms with van der Waals surface area (Å²) in [5.74, 6) is 0.0810. The van der Waals surface area contributed by atoms with E-state index in [9.17, 15) is 9.59 Å². The molecule has 1 aromatic rings. The third kappa shape index (κ3) is 5.39. The zero-order valence-electron chi connectivity index (χ0n) is 13.2. The maximum Gasteiger partial charge on any atom is 0.306 e. The first kappa shape index (κ1) is 17.5. The number of carbonyl (C=O) groups excluding carboxylic acids is 2. The van der Waals surface area contributed by atoms with E-state index in [1.165, 1.54) is 0 Å². The summed E-state index contributed by atoms with van der Waals surface area (Å²) >= 11 is 6.02. The van der Waals surface area contributed by atoms with Gasteiger partial charge in [0.1, 0.15) is 11.1 Å². The van der Waals surface area contributed by atoms with E-state index in [1.54, 1.807) is 30.2 Å². The second-order valence-electron chi connectivity index (χ2n) is 5.29. The largest absolute Gasteiger partial charge is 0.473 e. The molecule has 1 fully saturated rings. The van der Waals surface area contributed by atoms with Gasteiger partial charge >= 0.3 is 5.97 Å². The standard InChI is InChI=1S/C16H21ClN2O4/c1-2-22-15(21)6-5-14(20)19-10-7-12(8-11-19)23-16-13(17)4-3-9-18-16/h3-4,9,12H,2,5-8,10-11H2,1H3. The van der Waals surface area contributed by atoms with Crippen LogP contribution in [0.3, 0.4) is 0 Å². The number of likely N-dealkylation sites (tertiary alicyclic amines) is 1. The number of nitrogens with zero attached hydrogens (tertiary/aromatic N) is 2. The topological polar surface area (TPSA) is 68.7 Å². The van der Waals surface area contributed by atoms with E-state index in [-0.39, 0.29) is 30.8 Å². The number of esters is 1. The van der Waals surface area contributed by atoms with Crippen molar-refractivity contribution in [2.45, 2.75) is 38.7 Å². The molecule has 0 atom stereocenters. The SMILES string of the molecule is CCOC(=O)CCC(=O)N1CCC(Oc2ncccc2Cl)CC1. The number of hydrogen-bond donors (Lipinski definition) is 0. The van der Waals surface area contributed by atoms with Crippen LogP contribution in [0.1, 0.15) is 32.6 Å². The zero-order chi connectivity index (χ0) is 16.7. The van der Waals surface area contributed by atoms with Crippen molar-refractivity contribution in [3.8, 4) is 5.88 Å². The lowest BCUT2D eigenvalue weighted by atomic mass is 10.1. The Bertz CT molecular complexity index is 545. The van der Waals surface area contributed by atoms with E-state index >= 15 is 0 Å². The van der Waals surface area contributed by atoms with Crippen LogP contribution in [0.15, 0.2) is 18.3 Å². The molecule has 0 aromatic carbocycles. The van der Waals surface area contributed by atoms with Crippen molar-refractivity contribution in [1.82, 2.24) is 9.88 Å². The van der Waals surface area contributed by atoms with Gasteiger partial charge in [0.15, 0.2) is 0 Å². The van der Waals surface area contributed by atoms with Crippen LogP contribution in [0, 0.1) is 0 Å². The minimum Gasteiger partial charge on any atom is -0.473 e. The summed E-state index contributed by atoms with van der Waals surface area (Å²) in [5.41, 5.74) is 0. The van der Waals surface area contributed by atoms with Crippen molar-refractivity contribution in [2.75, 3.05) is 19.7 Å². The molecule has 1 aliphatic heterocycles. The monoisotopic (exact) mass is 340 g/mol. The highest BCUT2D eigenvalue weighted by molar-refractivity contribution is 6.31. The van der Waals surface area contributed by atoms with Gasteiger partial charge in [-0.15, -0.1) is 0 Å². The van der Waals surface area contributed by atoms with E-state index in [4.69, 9.17) is 21.1 Å².